The Kier molecular flexibility index (Phi) is 5.70. The second-order valence-corrected chi connectivity index (χ2v) is 5.24. The molecule has 1 rings (SSSR count). The molecular formula is C15H20FNO2. The minimum Gasteiger partial charge on any atom is -0.396 e. The van der Waals surface area contributed by atoms with Crippen molar-refractivity contribution in [3.8, 4) is 0 Å². The molecule has 0 aliphatic carbocycles. The van der Waals surface area contributed by atoms with E-state index in [0.717, 1.165) is 5.56 Å². The highest BCUT2D eigenvalue weighted by atomic mass is 19.1. The maximum Gasteiger partial charge on any atom is 0.244 e. The Bertz CT molecular complexity index is 438. The number of carbonyl (C=O) groups excluding carboxylic acids is 1. The quantitative estimate of drug-likeness (QED) is 0.776. The third-order valence-corrected chi connectivity index (χ3v) is 2.83. The SMILES string of the molecule is CC(C)(CCO)CNC(=O)/C=C/c1ccc(F)cc1. The van der Waals surface area contributed by atoms with Gasteiger partial charge in [0.1, 0.15) is 5.82 Å². The highest BCUT2D eigenvalue weighted by molar-refractivity contribution is 5.91. The highest BCUT2D eigenvalue weighted by Gasteiger charge is 2.17. The first-order chi connectivity index (χ1) is 8.93. The molecule has 0 spiro atoms. The minimum atomic E-state index is -0.299. The van der Waals surface area contributed by atoms with Gasteiger partial charge in [0.05, 0.1) is 0 Å². The zero-order chi connectivity index (χ0) is 14.3. The number of aliphatic hydroxyl groups is 1. The maximum atomic E-state index is 12.7. The molecule has 104 valence electrons. The molecule has 3 nitrogen and oxygen atoms in total. The fourth-order valence-corrected chi connectivity index (χ4v) is 1.52. The van der Waals surface area contributed by atoms with Crippen molar-refractivity contribution in [2.24, 2.45) is 5.41 Å². The molecule has 19 heavy (non-hydrogen) atoms. The second-order valence-electron chi connectivity index (χ2n) is 5.24. The molecule has 0 bridgehead atoms. The summed E-state index contributed by atoms with van der Waals surface area (Å²) in [5.74, 6) is -0.498. The minimum absolute atomic E-state index is 0.105. The van der Waals surface area contributed by atoms with Crippen LogP contribution in [0.25, 0.3) is 6.08 Å². The molecular weight excluding hydrogens is 245 g/mol. The summed E-state index contributed by atoms with van der Waals surface area (Å²) in [7, 11) is 0. The molecule has 0 saturated carbocycles. The van der Waals surface area contributed by atoms with Crippen LogP contribution in [-0.2, 0) is 4.79 Å². The lowest BCUT2D eigenvalue weighted by molar-refractivity contribution is -0.116. The number of aliphatic hydroxyl groups excluding tert-OH is 1. The molecule has 0 radical (unpaired) electrons. The van der Waals surface area contributed by atoms with E-state index >= 15 is 0 Å². The summed E-state index contributed by atoms with van der Waals surface area (Å²) >= 11 is 0. The van der Waals surface area contributed by atoms with Crippen LogP contribution in [0.15, 0.2) is 30.3 Å². The van der Waals surface area contributed by atoms with E-state index in [4.69, 9.17) is 5.11 Å². The molecule has 0 aromatic heterocycles. The van der Waals surface area contributed by atoms with Crippen molar-refractivity contribution in [2.45, 2.75) is 20.3 Å². The molecule has 0 fully saturated rings. The van der Waals surface area contributed by atoms with Gasteiger partial charge in [-0.3, -0.25) is 4.79 Å². The van der Waals surface area contributed by atoms with Crippen LogP contribution in [0.1, 0.15) is 25.8 Å². The summed E-state index contributed by atoms with van der Waals surface area (Å²) in [4.78, 5) is 11.6. The summed E-state index contributed by atoms with van der Waals surface area (Å²) in [6.07, 6.45) is 3.69. The van der Waals surface area contributed by atoms with E-state index < -0.39 is 0 Å². The van der Waals surface area contributed by atoms with E-state index in [-0.39, 0.29) is 23.7 Å². The van der Waals surface area contributed by atoms with Crippen LogP contribution in [0, 0.1) is 11.2 Å². The van der Waals surface area contributed by atoms with Crippen molar-refractivity contribution < 1.29 is 14.3 Å². The lowest BCUT2D eigenvalue weighted by atomic mass is 9.90. The summed E-state index contributed by atoms with van der Waals surface area (Å²) in [5.41, 5.74) is 0.639. The molecule has 0 heterocycles. The second kappa shape index (κ2) is 7.04. The van der Waals surface area contributed by atoms with Crippen molar-refractivity contribution in [3.63, 3.8) is 0 Å². The Morgan fingerprint density at radius 1 is 1.37 bits per heavy atom. The smallest absolute Gasteiger partial charge is 0.244 e. The third kappa shape index (κ3) is 6.15. The van der Waals surface area contributed by atoms with Crippen molar-refractivity contribution in [3.05, 3.63) is 41.7 Å². The summed E-state index contributed by atoms with van der Waals surface area (Å²) in [6, 6.07) is 5.91. The molecule has 1 aromatic rings. The van der Waals surface area contributed by atoms with Crippen molar-refractivity contribution in [1.82, 2.24) is 5.32 Å². The van der Waals surface area contributed by atoms with Gasteiger partial charge in [0.15, 0.2) is 0 Å². The molecule has 0 unspecified atom stereocenters. The van der Waals surface area contributed by atoms with Gasteiger partial charge in [0.25, 0.3) is 0 Å². The topological polar surface area (TPSA) is 49.3 Å². The number of nitrogens with one attached hydrogen (secondary N) is 1. The Balaban J connectivity index is 2.45. The highest BCUT2D eigenvalue weighted by Crippen LogP contribution is 2.17. The zero-order valence-corrected chi connectivity index (χ0v) is 11.3. The van der Waals surface area contributed by atoms with Crippen LogP contribution in [-0.4, -0.2) is 24.2 Å². The molecule has 1 amide bonds. The average Bonchev–Trinajstić information content (AvgIpc) is 2.36. The van der Waals surface area contributed by atoms with Gasteiger partial charge in [-0.25, -0.2) is 4.39 Å². The molecule has 1 aromatic carbocycles. The first-order valence-corrected chi connectivity index (χ1v) is 6.25. The Morgan fingerprint density at radius 2 is 2.00 bits per heavy atom. The number of carbonyl (C=O) groups is 1. The number of amides is 1. The Morgan fingerprint density at radius 3 is 2.58 bits per heavy atom. The summed E-state index contributed by atoms with van der Waals surface area (Å²) in [6.45, 7) is 4.56. The molecule has 2 N–H and O–H groups in total. The lowest BCUT2D eigenvalue weighted by Gasteiger charge is -2.23. The monoisotopic (exact) mass is 265 g/mol. The average molecular weight is 265 g/mol. The van der Waals surface area contributed by atoms with Crippen molar-refractivity contribution in [1.29, 1.82) is 0 Å². The Labute approximate surface area is 113 Å². The van der Waals surface area contributed by atoms with Gasteiger partial charge < -0.3 is 10.4 Å². The maximum absolute atomic E-state index is 12.7. The van der Waals surface area contributed by atoms with Gasteiger partial charge in [0.2, 0.25) is 5.91 Å². The zero-order valence-electron chi connectivity index (χ0n) is 11.3. The van der Waals surface area contributed by atoms with Crippen LogP contribution in [0.2, 0.25) is 0 Å². The number of benzene rings is 1. The lowest BCUT2D eigenvalue weighted by Crippen LogP contribution is -2.33. The van der Waals surface area contributed by atoms with E-state index in [1.165, 1.54) is 18.2 Å². The first kappa shape index (κ1) is 15.4. The summed E-state index contributed by atoms with van der Waals surface area (Å²) < 4.78 is 12.7. The molecule has 0 aliphatic heterocycles. The van der Waals surface area contributed by atoms with Gasteiger partial charge in [-0.15, -0.1) is 0 Å². The first-order valence-electron chi connectivity index (χ1n) is 6.25. The van der Waals surface area contributed by atoms with Gasteiger partial charge in [-0.1, -0.05) is 26.0 Å². The number of rotatable bonds is 6. The Hall–Kier alpha value is -1.68. The molecule has 0 atom stereocenters. The van der Waals surface area contributed by atoms with Crippen LogP contribution in [0.4, 0.5) is 4.39 Å². The van der Waals surface area contributed by atoms with Crippen LogP contribution < -0.4 is 5.32 Å². The number of hydrogen-bond acceptors (Lipinski definition) is 2. The largest absolute Gasteiger partial charge is 0.396 e. The summed E-state index contributed by atoms with van der Waals surface area (Å²) in [5, 5.41) is 11.7. The fraction of sp³-hybridized carbons (Fsp3) is 0.400. The predicted molar refractivity (Wildman–Crippen MR) is 73.9 cm³/mol. The van der Waals surface area contributed by atoms with Crippen molar-refractivity contribution >= 4 is 12.0 Å². The van der Waals surface area contributed by atoms with Crippen LogP contribution in [0.5, 0.6) is 0 Å². The normalized spacial score (nSPS) is 11.8. The van der Waals surface area contributed by atoms with E-state index in [1.807, 2.05) is 13.8 Å². The third-order valence-electron chi connectivity index (χ3n) is 2.83. The standard InChI is InChI=1S/C15H20FNO2/c1-15(2,9-10-18)11-17-14(19)8-5-12-3-6-13(16)7-4-12/h3-8,18H,9-11H2,1-2H3,(H,17,19)/b8-5+. The van der Waals surface area contributed by atoms with Gasteiger partial charge in [0, 0.05) is 19.2 Å². The van der Waals surface area contributed by atoms with Crippen LogP contribution >= 0.6 is 0 Å². The van der Waals surface area contributed by atoms with E-state index in [0.29, 0.717) is 13.0 Å². The number of halogens is 1. The van der Waals surface area contributed by atoms with E-state index in [2.05, 4.69) is 5.32 Å². The van der Waals surface area contributed by atoms with Crippen LogP contribution in [0.3, 0.4) is 0 Å². The fourth-order valence-electron chi connectivity index (χ4n) is 1.52. The van der Waals surface area contributed by atoms with E-state index in [9.17, 15) is 9.18 Å². The van der Waals surface area contributed by atoms with Crippen molar-refractivity contribution in [2.75, 3.05) is 13.2 Å². The van der Waals surface area contributed by atoms with Gasteiger partial charge in [-0.2, -0.15) is 0 Å². The van der Waals surface area contributed by atoms with Gasteiger partial charge in [-0.05, 0) is 35.6 Å². The molecule has 4 heteroatoms. The van der Waals surface area contributed by atoms with Gasteiger partial charge >= 0.3 is 0 Å². The molecule has 0 saturated heterocycles. The predicted octanol–water partition coefficient (Wildman–Crippen LogP) is 2.36. The van der Waals surface area contributed by atoms with E-state index in [1.54, 1.807) is 18.2 Å². The number of hydrogen-bond donors (Lipinski definition) is 2. The molecule has 0 aliphatic rings.